The fourth-order valence-corrected chi connectivity index (χ4v) is 3.41. The van der Waals surface area contributed by atoms with Crippen LogP contribution in [0.5, 0.6) is 0 Å². The number of hydrogen-bond donors (Lipinski definition) is 1. The second-order valence-corrected chi connectivity index (χ2v) is 10.5. The van der Waals surface area contributed by atoms with Crippen molar-refractivity contribution in [1.29, 1.82) is 0 Å². The maximum absolute atomic E-state index is 11.8. The van der Waals surface area contributed by atoms with Crippen LogP contribution in [0.2, 0.25) is 0 Å². The number of rotatable bonds is 30. The molecule has 15 nitrogen and oxygen atoms in total. The number of nitrogens with zero attached hydrogens (tertiary/aromatic N) is 1. The first-order valence-corrected chi connectivity index (χ1v) is 15.3. The van der Waals surface area contributed by atoms with Crippen molar-refractivity contribution in [2.24, 2.45) is 0 Å². The lowest BCUT2D eigenvalue weighted by molar-refractivity contribution is -0.156. The van der Waals surface area contributed by atoms with Gasteiger partial charge in [0.25, 0.3) is 11.8 Å². The van der Waals surface area contributed by atoms with Crippen molar-refractivity contribution in [3.8, 4) is 0 Å². The highest BCUT2D eigenvalue weighted by molar-refractivity contribution is 6.13. The molecule has 0 aliphatic carbocycles. The zero-order chi connectivity index (χ0) is 33.0. The third kappa shape index (κ3) is 25.4. The molecule has 1 aliphatic heterocycles. The van der Waals surface area contributed by atoms with E-state index in [-0.39, 0.29) is 31.3 Å². The molecule has 0 aromatic carbocycles. The summed E-state index contributed by atoms with van der Waals surface area (Å²) in [6.45, 7) is 12.7. The number of ether oxygens (including phenoxy) is 9. The van der Waals surface area contributed by atoms with Crippen LogP contribution in [-0.4, -0.2) is 153 Å². The predicted molar refractivity (Wildman–Crippen MR) is 161 cm³/mol. The Labute approximate surface area is 266 Å². The summed E-state index contributed by atoms with van der Waals surface area (Å²) in [6.07, 6.45) is 2.65. The standard InChI is InChI=1S/C30H52N2O13/c1-30(2,3)45-29(36)7-10-37-12-14-39-16-18-41-20-22-43-24-25-44-23-21-42-19-17-40-15-13-38-11-8-31-26(33)6-9-32-27(34)4-5-28(32)35/h4-5H,6-25H2,1-3H3,(H,31,33). The highest BCUT2D eigenvalue weighted by atomic mass is 16.6. The molecule has 0 saturated carbocycles. The van der Waals surface area contributed by atoms with Crippen molar-refractivity contribution in [3.05, 3.63) is 12.2 Å². The van der Waals surface area contributed by atoms with Gasteiger partial charge in [0.05, 0.1) is 112 Å². The Morgan fingerprint density at radius 3 is 1.31 bits per heavy atom. The number of nitrogens with one attached hydrogen (secondary N) is 1. The summed E-state index contributed by atoms with van der Waals surface area (Å²) in [5.41, 5.74) is -0.482. The van der Waals surface area contributed by atoms with Gasteiger partial charge in [-0.1, -0.05) is 0 Å². The van der Waals surface area contributed by atoms with E-state index in [4.69, 9.17) is 42.6 Å². The Morgan fingerprint density at radius 1 is 0.578 bits per heavy atom. The number of hydrogen-bond acceptors (Lipinski definition) is 13. The fraction of sp³-hybridized carbons (Fsp3) is 0.800. The Hall–Kier alpha value is -2.50. The van der Waals surface area contributed by atoms with Gasteiger partial charge in [-0.3, -0.25) is 24.1 Å². The molecule has 1 N–H and O–H groups in total. The van der Waals surface area contributed by atoms with E-state index < -0.39 is 17.4 Å². The van der Waals surface area contributed by atoms with E-state index in [1.54, 1.807) is 0 Å². The number of carbonyl (C=O) groups excluding carboxylic acids is 4. The van der Waals surface area contributed by atoms with Gasteiger partial charge < -0.3 is 47.9 Å². The minimum absolute atomic E-state index is 0.0507. The first-order chi connectivity index (χ1) is 21.7. The molecule has 1 aliphatic rings. The van der Waals surface area contributed by atoms with Crippen LogP contribution in [0.4, 0.5) is 0 Å². The van der Waals surface area contributed by atoms with Crippen LogP contribution < -0.4 is 5.32 Å². The van der Waals surface area contributed by atoms with E-state index in [0.29, 0.717) is 112 Å². The smallest absolute Gasteiger partial charge is 0.308 e. The molecule has 260 valence electrons. The average molecular weight is 649 g/mol. The lowest BCUT2D eigenvalue weighted by atomic mass is 10.2. The molecule has 0 saturated heterocycles. The Bertz CT molecular complexity index is 830. The van der Waals surface area contributed by atoms with Gasteiger partial charge in [0.15, 0.2) is 0 Å². The maximum atomic E-state index is 11.8. The monoisotopic (exact) mass is 648 g/mol. The van der Waals surface area contributed by atoms with Crippen molar-refractivity contribution in [1.82, 2.24) is 10.2 Å². The highest BCUT2D eigenvalue weighted by Gasteiger charge is 2.23. The molecule has 15 heteroatoms. The minimum atomic E-state index is -0.482. The van der Waals surface area contributed by atoms with Gasteiger partial charge in [0, 0.05) is 31.7 Å². The SMILES string of the molecule is CC(C)(C)OC(=O)CCOCCOCCOCCOCCOCCOCCOCCOCCNC(=O)CCN1C(=O)C=CC1=O. The largest absolute Gasteiger partial charge is 0.460 e. The van der Waals surface area contributed by atoms with Crippen molar-refractivity contribution >= 4 is 23.7 Å². The van der Waals surface area contributed by atoms with E-state index in [0.717, 1.165) is 4.90 Å². The fourth-order valence-electron chi connectivity index (χ4n) is 3.41. The molecule has 0 unspecified atom stereocenters. The van der Waals surface area contributed by atoms with Crippen LogP contribution in [0.1, 0.15) is 33.6 Å². The first kappa shape index (κ1) is 40.5. The van der Waals surface area contributed by atoms with Crippen LogP contribution in [0, 0.1) is 0 Å². The molecule has 45 heavy (non-hydrogen) atoms. The average Bonchev–Trinajstić information content (AvgIpc) is 3.31. The lowest BCUT2D eigenvalue weighted by Gasteiger charge is -2.19. The molecule has 0 aromatic rings. The second kappa shape index (κ2) is 26.7. The summed E-state index contributed by atoms with van der Waals surface area (Å²) in [4.78, 5) is 47.2. The predicted octanol–water partition coefficient (Wildman–Crippen LogP) is 0.282. The van der Waals surface area contributed by atoms with Crippen molar-refractivity contribution < 1.29 is 61.8 Å². The molecule has 0 spiro atoms. The van der Waals surface area contributed by atoms with Gasteiger partial charge in [0.2, 0.25) is 5.91 Å². The van der Waals surface area contributed by atoms with Gasteiger partial charge in [-0.05, 0) is 20.8 Å². The number of imide groups is 1. The minimum Gasteiger partial charge on any atom is -0.460 e. The normalized spacial score (nSPS) is 13.2. The summed E-state index contributed by atoms with van der Waals surface area (Å²) in [5.74, 6) is -1.33. The van der Waals surface area contributed by atoms with E-state index >= 15 is 0 Å². The van der Waals surface area contributed by atoms with Crippen molar-refractivity contribution in [2.45, 2.75) is 39.2 Å². The zero-order valence-electron chi connectivity index (χ0n) is 27.1. The second-order valence-electron chi connectivity index (χ2n) is 10.5. The molecular weight excluding hydrogens is 596 g/mol. The third-order valence-electron chi connectivity index (χ3n) is 5.51. The molecule has 1 rings (SSSR count). The zero-order valence-corrected chi connectivity index (χ0v) is 27.1. The van der Waals surface area contributed by atoms with Crippen LogP contribution in [-0.2, 0) is 61.8 Å². The topological polar surface area (TPSA) is 167 Å². The molecule has 0 bridgehead atoms. The van der Waals surface area contributed by atoms with E-state index in [2.05, 4.69) is 5.32 Å². The number of amides is 3. The molecule has 0 fully saturated rings. The van der Waals surface area contributed by atoms with Gasteiger partial charge in [0.1, 0.15) is 5.60 Å². The molecular formula is C30H52N2O13. The summed E-state index contributed by atoms with van der Waals surface area (Å²) < 4.78 is 48.5. The maximum Gasteiger partial charge on any atom is 0.308 e. The first-order valence-electron chi connectivity index (χ1n) is 15.3. The van der Waals surface area contributed by atoms with Crippen LogP contribution in [0.25, 0.3) is 0 Å². The molecule has 0 atom stereocenters. The summed E-state index contributed by atoms with van der Waals surface area (Å²) in [6, 6.07) is 0. The highest BCUT2D eigenvalue weighted by Crippen LogP contribution is 2.08. The number of carbonyl (C=O) groups is 4. The van der Waals surface area contributed by atoms with Crippen LogP contribution in [0.15, 0.2) is 12.2 Å². The van der Waals surface area contributed by atoms with Crippen LogP contribution >= 0.6 is 0 Å². The van der Waals surface area contributed by atoms with E-state index in [1.165, 1.54) is 12.2 Å². The molecule has 0 aromatic heterocycles. The lowest BCUT2D eigenvalue weighted by Crippen LogP contribution is -2.35. The van der Waals surface area contributed by atoms with Gasteiger partial charge in [-0.2, -0.15) is 0 Å². The van der Waals surface area contributed by atoms with E-state index in [1.807, 2.05) is 20.8 Å². The Kier molecular flexibility index (Phi) is 24.0. The summed E-state index contributed by atoms with van der Waals surface area (Å²) in [7, 11) is 0. The van der Waals surface area contributed by atoms with Gasteiger partial charge in [-0.15, -0.1) is 0 Å². The van der Waals surface area contributed by atoms with Crippen LogP contribution in [0.3, 0.4) is 0 Å². The number of esters is 1. The molecule has 0 radical (unpaired) electrons. The Balaban J connectivity index is 1.69. The van der Waals surface area contributed by atoms with Gasteiger partial charge >= 0.3 is 5.97 Å². The summed E-state index contributed by atoms with van der Waals surface area (Å²) in [5, 5.41) is 2.67. The Morgan fingerprint density at radius 2 is 0.933 bits per heavy atom. The van der Waals surface area contributed by atoms with Crippen molar-refractivity contribution in [3.63, 3.8) is 0 Å². The summed E-state index contributed by atoms with van der Waals surface area (Å²) >= 11 is 0. The van der Waals surface area contributed by atoms with E-state index in [9.17, 15) is 19.2 Å². The van der Waals surface area contributed by atoms with Gasteiger partial charge in [-0.25, -0.2) is 0 Å². The quantitative estimate of drug-likeness (QED) is 0.0642. The molecule has 3 amide bonds. The van der Waals surface area contributed by atoms with Crippen molar-refractivity contribution in [2.75, 3.05) is 119 Å². The third-order valence-corrected chi connectivity index (χ3v) is 5.51. The molecule has 1 heterocycles.